The van der Waals surface area contributed by atoms with Crippen molar-refractivity contribution in [2.45, 2.75) is 94.7 Å². The molecule has 188 valence electrons. The Labute approximate surface area is 214 Å². The van der Waals surface area contributed by atoms with Gasteiger partial charge in [0.25, 0.3) is 0 Å². The van der Waals surface area contributed by atoms with Crippen LogP contribution >= 0.6 is 0 Å². The number of nitrogens with zero attached hydrogens (tertiary/aromatic N) is 1. The van der Waals surface area contributed by atoms with E-state index in [1.54, 1.807) is 5.57 Å². The molecule has 4 nitrogen and oxygen atoms in total. The number of carbonyl (C=O) groups excluding carboxylic acids is 1. The number of allylic oxidation sites excluding steroid dienone is 1. The van der Waals surface area contributed by atoms with Crippen LogP contribution in [-0.4, -0.2) is 22.1 Å². The van der Waals surface area contributed by atoms with Crippen LogP contribution in [0.2, 0.25) is 0 Å². The van der Waals surface area contributed by atoms with Crippen molar-refractivity contribution in [1.29, 1.82) is 0 Å². The number of pyridine rings is 1. The topological polar surface area (TPSA) is 65.2 Å². The summed E-state index contributed by atoms with van der Waals surface area (Å²) in [6, 6.07) is 9.15. The summed E-state index contributed by atoms with van der Waals surface area (Å²) in [6.07, 6.45) is 20.9. The Kier molecular flexibility index (Phi) is 5.06. The molecular weight excluding hydrogens is 444 g/mol. The molecule has 2 aromatic rings. The number of benzene rings is 1. The number of hydrogen-bond acceptors (Lipinski definition) is 3. The molecule has 6 atom stereocenters. The van der Waals surface area contributed by atoms with Crippen LogP contribution in [0.1, 0.15) is 89.0 Å². The Morgan fingerprint density at radius 3 is 2.97 bits per heavy atom. The van der Waals surface area contributed by atoms with E-state index in [4.69, 9.17) is 10.5 Å². The monoisotopic (exact) mass is 482 g/mol. The third-order valence-corrected chi connectivity index (χ3v) is 10.9. The van der Waals surface area contributed by atoms with E-state index in [1.165, 1.54) is 41.2 Å². The lowest BCUT2D eigenvalue weighted by Gasteiger charge is -2.54. The Balaban J connectivity index is 1.19. The van der Waals surface area contributed by atoms with Gasteiger partial charge in [-0.05, 0) is 122 Å². The van der Waals surface area contributed by atoms with Crippen LogP contribution in [0.3, 0.4) is 0 Å². The van der Waals surface area contributed by atoms with Crippen LogP contribution in [0.5, 0.6) is 0 Å². The number of amides is 1. The van der Waals surface area contributed by atoms with Crippen molar-refractivity contribution < 1.29 is 9.53 Å². The summed E-state index contributed by atoms with van der Waals surface area (Å²) in [4.78, 5) is 15.6. The van der Waals surface area contributed by atoms with Crippen LogP contribution in [0, 0.1) is 17.3 Å². The van der Waals surface area contributed by atoms with Gasteiger partial charge in [0.2, 0.25) is 5.91 Å². The molecule has 1 aromatic heterocycles. The maximum absolute atomic E-state index is 11.3. The summed E-state index contributed by atoms with van der Waals surface area (Å²) in [5.74, 6) is 1.58. The number of nitrogens with two attached hydrogens (primary N) is 1. The molecule has 1 amide bonds. The maximum Gasteiger partial charge on any atom is 0.217 e. The second-order valence-electron chi connectivity index (χ2n) is 12.7. The van der Waals surface area contributed by atoms with Crippen LogP contribution in [-0.2, 0) is 9.53 Å². The van der Waals surface area contributed by atoms with Gasteiger partial charge < -0.3 is 10.5 Å². The molecule has 1 aromatic carbocycles. The SMILES string of the molecule is C[C@]12CC=C3C=C4CCC(CCCC(N)=O)C[C@]45CC[C@]3(O5)[C@@H]1CC[C@@H]2c1ccc2ccncc2c1. The normalized spacial score (nSPS) is 38.6. The Morgan fingerprint density at radius 1 is 1.17 bits per heavy atom. The quantitative estimate of drug-likeness (QED) is 0.513. The minimum Gasteiger partial charge on any atom is -0.370 e. The van der Waals surface area contributed by atoms with E-state index >= 15 is 0 Å². The van der Waals surface area contributed by atoms with E-state index in [0.717, 1.165) is 44.9 Å². The van der Waals surface area contributed by atoms with Crippen molar-refractivity contribution in [2.24, 2.45) is 23.0 Å². The Hall–Kier alpha value is -2.46. The van der Waals surface area contributed by atoms with E-state index in [1.807, 2.05) is 12.4 Å². The van der Waals surface area contributed by atoms with Gasteiger partial charge in [-0.3, -0.25) is 9.78 Å². The number of rotatable bonds is 5. The van der Waals surface area contributed by atoms with Crippen LogP contribution in [0.25, 0.3) is 10.8 Å². The molecule has 3 heterocycles. The third kappa shape index (κ3) is 3.22. The van der Waals surface area contributed by atoms with Gasteiger partial charge in [-0.15, -0.1) is 0 Å². The van der Waals surface area contributed by atoms with E-state index in [0.29, 0.717) is 24.2 Å². The third-order valence-electron chi connectivity index (χ3n) is 10.9. The average Bonchev–Trinajstić information content (AvgIpc) is 3.38. The lowest BCUT2D eigenvalue weighted by atomic mass is 9.58. The fourth-order valence-electron chi connectivity index (χ4n) is 9.18. The summed E-state index contributed by atoms with van der Waals surface area (Å²) < 4.78 is 7.43. The molecule has 2 aliphatic heterocycles. The lowest BCUT2D eigenvalue weighted by molar-refractivity contribution is -0.139. The zero-order valence-corrected chi connectivity index (χ0v) is 21.5. The van der Waals surface area contributed by atoms with Crippen molar-refractivity contribution in [3.63, 3.8) is 0 Å². The molecule has 4 heteroatoms. The van der Waals surface area contributed by atoms with Crippen molar-refractivity contribution in [3.8, 4) is 0 Å². The average molecular weight is 483 g/mol. The summed E-state index contributed by atoms with van der Waals surface area (Å²) in [5.41, 5.74) is 9.95. The molecule has 1 unspecified atom stereocenters. The predicted molar refractivity (Wildman–Crippen MR) is 142 cm³/mol. The fraction of sp³-hybridized carbons (Fsp3) is 0.562. The molecule has 3 fully saturated rings. The first kappa shape index (κ1) is 22.7. The number of ether oxygens (including phenoxy) is 1. The fourth-order valence-corrected chi connectivity index (χ4v) is 9.18. The van der Waals surface area contributed by atoms with E-state index < -0.39 is 0 Å². The van der Waals surface area contributed by atoms with Gasteiger partial charge in [0, 0.05) is 24.2 Å². The lowest BCUT2D eigenvalue weighted by Crippen LogP contribution is -2.53. The maximum atomic E-state index is 11.3. The number of carbonyl (C=O) groups is 1. The molecule has 5 aliphatic rings. The number of hydrogen-bond donors (Lipinski definition) is 1. The van der Waals surface area contributed by atoms with Gasteiger partial charge in [0.1, 0.15) is 0 Å². The highest BCUT2D eigenvalue weighted by atomic mass is 16.5. The van der Waals surface area contributed by atoms with Crippen LogP contribution in [0.4, 0.5) is 0 Å². The molecule has 3 aliphatic carbocycles. The first-order valence-electron chi connectivity index (χ1n) is 14.2. The first-order valence-corrected chi connectivity index (χ1v) is 14.2. The largest absolute Gasteiger partial charge is 0.370 e. The van der Waals surface area contributed by atoms with Gasteiger partial charge in [0.15, 0.2) is 0 Å². The second kappa shape index (κ2) is 8.02. The zero-order chi connectivity index (χ0) is 24.5. The van der Waals surface area contributed by atoms with E-state index in [-0.39, 0.29) is 22.5 Å². The number of aromatic nitrogens is 1. The summed E-state index contributed by atoms with van der Waals surface area (Å²) in [5, 5.41) is 2.52. The van der Waals surface area contributed by atoms with Gasteiger partial charge in [-0.25, -0.2) is 0 Å². The van der Waals surface area contributed by atoms with Gasteiger partial charge in [0.05, 0.1) is 11.2 Å². The molecule has 2 saturated carbocycles. The molecule has 7 rings (SSSR count). The molecule has 0 radical (unpaired) electrons. The second-order valence-corrected chi connectivity index (χ2v) is 12.7. The van der Waals surface area contributed by atoms with Gasteiger partial charge in [-0.1, -0.05) is 31.2 Å². The minimum atomic E-state index is -0.173. The highest BCUT2D eigenvalue weighted by Crippen LogP contribution is 2.69. The standard InChI is InChI=1S/C32H38N2O2/c1-30-13-11-26-18-25-8-5-21(3-2-4-29(33)35)19-31(25)14-15-32(26,36-31)28(30)10-9-27(30)23-7-6-22-12-16-34-20-24(22)17-23/h6-7,11-12,16-18,20-21,27-28H,2-5,8-10,13-15,19H2,1H3,(H2,33,35)/t21?,27-,28-,30-,31-,32-/m1/s1. The smallest absolute Gasteiger partial charge is 0.217 e. The first-order chi connectivity index (χ1) is 17.4. The van der Waals surface area contributed by atoms with E-state index in [9.17, 15) is 4.79 Å². The molecule has 36 heavy (non-hydrogen) atoms. The molecule has 2 bridgehead atoms. The molecular formula is C32H38N2O2. The van der Waals surface area contributed by atoms with Crippen molar-refractivity contribution >= 4 is 16.7 Å². The number of primary amides is 1. The number of fused-ring (bicyclic) bond motifs is 2. The molecule has 2 spiro atoms. The van der Waals surface area contributed by atoms with E-state index in [2.05, 4.69) is 48.3 Å². The highest BCUT2D eigenvalue weighted by molar-refractivity contribution is 5.82. The summed E-state index contributed by atoms with van der Waals surface area (Å²) in [6.45, 7) is 2.55. The van der Waals surface area contributed by atoms with Crippen LogP contribution < -0.4 is 5.73 Å². The molecule has 1 saturated heterocycles. The Morgan fingerprint density at radius 2 is 2.08 bits per heavy atom. The van der Waals surface area contributed by atoms with Crippen molar-refractivity contribution in [1.82, 2.24) is 4.98 Å². The highest BCUT2D eigenvalue weighted by Gasteiger charge is 2.66. The Bertz CT molecular complexity index is 1300. The van der Waals surface area contributed by atoms with Crippen molar-refractivity contribution in [2.75, 3.05) is 0 Å². The predicted octanol–water partition coefficient (Wildman–Crippen LogP) is 6.75. The molecule has 2 N–H and O–H groups in total. The van der Waals surface area contributed by atoms with Crippen LogP contribution in [0.15, 0.2) is 60.0 Å². The summed E-state index contributed by atoms with van der Waals surface area (Å²) in [7, 11) is 0. The minimum absolute atomic E-state index is 0.0715. The van der Waals surface area contributed by atoms with Crippen molar-refractivity contribution in [3.05, 3.63) is 65.5 Å². The van der Waals surface area contributed by atoms with Gasteiger partial charge >= 0.3 is 0 Å². The zero-order valence-electron chi connectivity index (χ0n) is 21.5. The summed E-state index contributed by atoms with van der Waals surface area (Å²) >= 11 is 0. The van der Waals surface area contributed by atoms with Gasteiger partial charge in [-0.2, -0.15) is 0 Å².